The summed E-state index contributed by atoms with van der Waals surface area (Å²) in [5.74, 6) is 2.19. The fourth-order valence-electron chi connectivity index (χ4n) is 5.64. The van der Waals surface area contributed by atoms with Crippen molar-refractivity contribution in [1.82, 2.24) is 4.90 Å². The Morgan fingerprint density at radius 1 is 1.06 bits per heavy atom. The van der Waals surface area contributed by atoms with E-state index in [2.05, 4.69) is 51.2 Å². The van der Waals surface area contributed by atoms with Crippen LogP contribution in [0.5, 0.6) is 11.5 Å². The van der Waals surface area contributed by atoms with Gasteiger partial charge in [-0.1, -0.05) is 50.2 Å². The van der Waals surface area contributed by atoms with Crippen LogP contribution in [0.15, 0.2) is 48.5 Å². The standard InChI is InChI=1S/C29H42N2O3.ClH/c1-7-28(32)31(21-25-13-14-26(33-5)27(17-25)34-6)16-15-29(19-24-11-9-8-10-12-24)18-23(3)30(4)20-22(29)2;/h8-14,17,22-23H,7,15-16,18-21H2,1-6H3;1H. The highest BCUT2D eigenvalue weighted by Crippen LogP contribution is 2.41. The second-order valence-electron chi connectivity index (χ2n) is 10.2. The first-order valence-corrected chi connectivity index (χ1v) is 12.7. The molecule has 5 nitrogen and oxygen atoms in total. The SMILES string of the molecule is CCC(=O)N(CCC1(Cc2ccccc2)CC(C)[NH+](C)CC1C)Cc1ccc(OC)c(OC)c1.[Cl-]. The molecule has 0 radical (unpaired) electrons. The lowest BCUT2D eigenvalue weighted by molar-refractivity contribution is -0.916. The van der Waals surface area contributed by atoms with Crippen molar-refractivity contribution in [3.8, 4) is 11.5 Å². The minimum atomic E-state index is 0. The van der Waals surface area contributed by atoms with Gasteiger partial charge in [-0.2, -0.15) is 0 Å². The molecule has 2 aromatic rings. The van der Waals surface area contributed by atoms with Crippen molar-refractivity contribution in [3.05, 3.63) is 59.7 Å². The highest BCUT2D eigenvalue weighted by molar-refractivity contribution is 5.75. The van der Waals surface area contributed by atoms with Gasteiger partial charge in [-0.05, 0) is 48.4 Å². The third kappa shape index (κ3) is 7.14. The molecule has 4 unspecified atom stereocenters. The number of rotatable bonds is 10. The molecule has 1 fully saturated rings. The van der Waals surface area contributed by atoms with Crippen LogP contribution in [0, 0.1) is 11.3 Å². The Bertz CT molecular complexity index is 939. The lowest BCUT2D eigenvalue weighted by Gasteiger charge is -2.48. The minimum absolute atomic E-state index is 0. The lowest BCUT2D eigenvalue weighted by Crippen LogP contribution is -3.15. The van der Waals surface area contributed by atoms with E-state index in [1.54, 1.807) is 19.1 Å². The van der Waals surface area contributed by atoms with E-state index in [0.29, 0.717) is 36.4 Å². The average molecular weight is 503 g/mol. The minimum Gasteiger partial charge on any atom is -1.00 e. The number of amides is 1. The fraction of sp³-hybridized carbons (Fsp3) is 0.552. The number of hydrogen-bond acceptors (Lipinski definition) is 3. The van der Waals surface area contributed by atoms with E-state index in [9.17, 15) is 4.79 Å². The molecule has 0 spiro atoms. The highest BCUT2D eigenvalue weighted by atomic mass is 35.5. The fourth-order valence-corrected chi connectivity index (χ4v) is 5.64. The second-order valence-corrected chi connectivity index (χ2v) is 10.2. The molecule has 0 aromatic heterocycles. The smallest absolute Gasteiger partial charge is 0.222 e. The number of ether oxygens (including phenoxy) is 2. The van der Waals surface area contributed by atoms with Crippen molar-refractivity contribution in [2.45, 2.75) is 59.0 Å². The molecule has 35 heavy (non-hydrogen) atoms. The maximum absolute atomic E-state index is 13.0. The number of benzene rings is 2. The molecular weight excluding hydrogens is 460 g/mol. The van der Waals surface area contributed by atoms with Gasteiger partial charge in [0.1, 0.15) is 0 Å². The molecule has 1 saturated heterocycles. The first-order valence-electron chi connectivity index (χ1n) is 12.7. The van der Waals surface area contributed by atoms with Crippen molar-refractivity contribution < 1.29 is 31.6 Å². The number of likely N-dealkylation sites (tertiary alicyclic amines) is 1. The molecule has 4 atom stereocenters. The van der Waals surface area contributed by atoms with Crippen molar-refractivity contribution in [3.63, 3.8) is 0 Å². The van der Waals surface area contributed by atoms with Crippen LogP contribution in [0.25, 0.3) is 0 Å². The summed E-state index contributed by atoms with van der Waals surface area (Å²) in [5, 5.41) is 0. The van der Waals surface area contributed by atoms with Crippen LogP contribution >= 0.6 is 0 Å². The number of carbonyl (C=O) groups is 1. The number of nitrogens with one attached hydrogen (secondary N) is 1. The number of carbonyl (C=O) groups excluding carboxylic acids is 1. The van der Waals surface area contributed by atoms with E-state index < -0.39 is 0 Å². The van der Waals surface area contributed by atoms with Crippen LogP contribution in [0.2, 0.25) is 0 Å². The summed E-state index contributed by atoms with van der Waals surface area (Å²) < 4.78 is 10.9. The molecule has 194 valence electrons. The summed E-state index contributed by atoms with van der Waals surface area (Å²) >= 11 is 0. The summed E-state index contributed by atoms with van der Waals surface area (Å²) in [6, 6.07) is 17.4. The van der Waals surface area contributed by atoms with Crippen molar-refractivity contribution in [1.29, 1.82) is 0 Å². The van der Waals surface area contributed by atoms with Crippen LogP contribution in [-0.2, 0) is 17.8 Å². The van der Waals surface area contributed by atoms with Crippen LogP contribution in [0.3, 0.4) is 0 Å². The third-order valence-corrected chi connectivity index (χ3v) is 7.98. The summed E-state index contributed by atoms with van der Waals surface area (Å²) in [6.45, 7) is 9.27. The Morgan fingerprint density at radius 3 is 2.37 bits per heavy atom. The van der Waals surface area contributed by atoms with E-state index >= 15 is 0 Å². The van der Waals surface area contributed by atoms with Crippen molar-refractivity contribution in [2.24, 2.45) is 11.3 Å². The van der Waals surface area contributed by atoms with E-state index in [1.165, 1.54) is 18.5 Å². The molecule has 0 aliphatic carbocycles. The Balaban J connectivity index is 0.00000432. The number of halogens is 1. The monoisotopic (exact) mass is 502 g/mol. The van der Waals surface area contributed by atoms with Gasteiger partial charge in [0, 0.05) is 31.8 Å². The van der Waals surface area contributed by atoms with E-state index in [0.717, 1.165) is 24.9 Å². The van der Waals surface area contributed by atoms with Crippen LogP contribution in [0.1, 0.15) is 51.2 Å². The first kappa shape index (κ1) is 29.0. The predicted molar refractivity (Wildman–Crippen MR) is 137 cm³/mol. The third-order valence-electron chi connectivity index (χ3n) is 7.98. The Hall–Kier alpha value is -2.24. The van der Waals surface area contributed by atoms with Crippen LogP contribution in [0.4, 0.5) is 0 Å². The van der Waals surface area contributed by atoms with Crippen molar-refractivity contribution >= 4 is 5.91 Å². The number of quaternary nitrogens is 1. The Morgan fingerprint density at radius 2 is 1.74 bits per heavy atom. The van der Waals surface area contributed by atoms with Gasteiger partial charge >= 0.3 is 0 Å². The normalized spacial score (nSPS) is 23.8. The first-order chi connectivity index (χ1) is 16.3. The van der Waals surface area contributed by atoms with E-state index in [1.807, 2.05) is 30.0 Å². The van der Waals surface area contributed by atoms with E-state index in [4.69, 9.17) is 9.47 Å². The number of nitrogens with zero attached hydrogens (tertiary/aromatic N) is 1. The van der Waals surface area contributed by atoms with Gasteiger partial charge in [-0.25, -0.2) is 0 Å². The van der Waals surface area contributed by atoms with Crippen LogP contribution in [-0.4, -0.2) is 51.2 Å². The largest absolute Gasteiger partial charge is 1.00 e. The Labute approximate surface area is 218 Å². The molecule has 1 heterocycles. The van der Waals surface area contributed by atoms with Gasteiger partial charge in [-0.3, -0.25) is 4.79 Å². The van der Waals surface area contributed by atoms with Gasteiger partial charge in [0.05, 0.1) is 33.9 Å². The molecule has 6 heteroatoms. The number of hydrogen-bond donors (Lipinski definition) is 1. The average Bonchev–Trinajstić information content (AvgIpc) is 2.85. The van der Waals surface area contributed by atoms with E-state index in [-0.39, 0.29) is 23.7 Å². The zero-order valence-electron chi connectivity index (χ0n) is 22.3. The zero-order chi connectivity index (χ0) is 24.7. The molecule has 1 N–H and O–H groups in total. The number of piperidine rings is 1. The molecule has 1 aliphatic heterocycles. The maximum atomic E-state index is 13.0. The van der Waals surface area contributed by atoms with Gasteiger partial charge in [0.15, 0.2) is 11.5 Å². The molecule has 1 aliphatic rings. The molecule has 1 amide bonds. The Kier molecular flexibility index (Phi) is 10.9. The van der Waals surface area contributed by atoms with Crippen LogP contribution < -0.4 is 26.8 Å². The zero-order valence-corrected chi connectivity index (χ0v) is 23.0. The summed E-state index contributed by atoms with van der Waals surface area (Å²) in [5.41, 5.74) is 2.64. The summed E-state index contributed by atoms with van der Waals surface area (Å²) in [4.78, 5) is 16.6. The predicted octanol–water partition coefficient (Wildman–Crippen LogP) is 1.01. The summed E-state index contributed by atoms with van der Waals surface area (Å²) in [6.07, 6.45) is 3.77. The molecule has 0 bridgehead atoms. The second kappa shape index (κ2) is 13.2. The van der Waals surface area contributed by atoms with Gasteiger partial charge < -0.3 is 31.7 Å². The molecular formula is C29H43ClN2O3. The maximum Gasteiger partial charge on any atom is 0.222 e. The van der Waals surface area contributed by atoms with Crippen molar-refractivity contribution in [2.75, 3.05) is 34.4 Å². The molecule has 2 aromatic carbocycles. The molecule has 0 saturated carbocycles. The topological polar surface area (TPSA) is 43.2 Å². The number of methoxy groups -OCH3 is 2. The highest BCUT2D eigenvalue weighted by Gasteiger charge is 2.45. The molecule has 3 rings (SSSR count). The quantitative estimate of drug-likeness (QED) is 0.527. The lowest BCUT2D eigenvalue weighted by atomic mass is 9.63. The van der Waals surface area contributed by atoms with Gasteiger partial charge in [0.25, 0.3) is 0 Å². The van der Waals surface area contributed by atoms with Gasteiger partial charge in [0.2, 0.25) is 5.91 Å². The van der Waals surface area contributed by atoms with Gasteiger partial charge in [-0.15, -0.1) is 0 Å². The summed E-state index contributed by atoms with van der Waals surface area (Å²) in [7, 11) is 5.61.